The van der Waals surface area contributed by atoms with E-state index < -0.39 is 19.8 Å². The number of carbonyl (C=O) groups is 1. The second-order valence-corrected chi connectivity index (χ2v) is 15.5. The summed E-state index contributed by atoms with van der Waals surface area (Å²) in [6, 6.07) is 4.33. The van der Waals surface area contributed by atoms with Crippen molar-refractivity contribution in [2.75, 3.05) is 41.3 Å². The van der Waals surface area contributed by atoms with Crippen LogP contribution in [0.5, 0.6) is 11.5 Å². The van der Waals surface area contributed by atoms with Crippen molar-refractivity contribution in [2.24, 2.45) is 0 Å². The maximum Gasteiger partial charge on any atom is 0.342 e. The average molecular weight is 497 g/mol. The van der Waals surface area contributed by atoms with Crippen molar-refractivity contribution >= 4 is 20.1 Å². The molecule has 0 unspecified atom stereocenters. The maximum absolute atomic E-state index is 13.1. The molecule has 0 aliphatic carbocycles. The van der Waals surface area contributed by atoms with Gasteiger partial charge in [0.15, 0.2) is 12.6 Å². The first kappa shape index (κ1) is 28.3. The zero-order valence-corrected chi connectivity index (χ0v) is 22.8. The van der Waals surface area contributed by atoms with Crippen molar-refractivity contribution in [3.05, 3.63) is 29.3 Å². The van der Waals surface area contributed by atoms with Gasteiger partial charge in [0.2, 0.25) is 0 Å². The first-order valence-electron chi connectivity index (χ1n) is 11.5. The van der Waals surface area contributed by atoms with Crippen molar-refractivity contribution in [3.63, 3.8) is 0 Å². The van der Waals surface area contributed by atoms with Crippen LogP contribution in [0.3, 0.4) is 0 Å². The number of carbonyl (C=O) groups excluding carboxylic acids is 1. The number of esters is 1. The van der Waals surface area contributed by atoms with Gasteiger partial charge in [-0.15, -0.1) is 0 Å². The molecule has 0 N–H and O–H groups in total. The molecule has 1 aliphatic rings. The summed E-state index contributed by atoms with van der Waals surface area (Å²) in [6.07, 6.45) is 4.03. The molecule has 0 spiro atoms. The number of ether oxygens (including phenoxy) is 7. The molecule has 34 heavy (non-hydrogen) atoms. The average Bonchev–Trinajstić information content (AvgIpc) is 3.04. The lowest BCUT2D eigenvalue weighted by atomic mass is 10.0. The molecule has 0 aromatic heterocycles. The summed E-state index contributed by atoms with van der Waals surface area (Å²) in [4.78, 5) is 13.1. The monoisotopic (exact) mass is 496 g/mol. The fourth-order valence-corrected chi connectivity index (χ4v) is 4.29. The van der Waals surface area contributed by atoms with E-state index in [-0.39, 0.29) is 19.0 Å². The van der Waals surface area contributed by atoms with Gasteiger partial charge in [-0.1, -0.05) is 31.8 Å². The van der Waals surface area contributed by atoms with E-state index in [1.807, 2.05) is 26.0 Å². The van der Waals surface area contributed by atoms with Gasteiger partial charge in [0, 0.05) is 28.4 Å². The van der Waals surface area contributed by atoms with Crippen LogP contribution in [0.1, 0.15) is 36.2 Å². The van der Waals surface area contributed by atoms with Crippen LogP contribution in [-0.2, 0) is 23.7 Å². The molecule has 1 aromatic rings. The molecule has 0 radical (unpaired) electrons. The molecule has 1 fully saturated rings. The molecular weight excluding hydrogens is 456 g/mol. The second-order valence-electron chi connectivity index (χ2n) is 9.89. The lowest BCUT2D eigenvalue weighted by Gasteiger charge is -2.18. The molecule has 1 heterocycles. The van der Waals surface area contributed by atoms with E-state index in [0.717, 1.165) is 6.04 Å². The fraction of sp³-hybridized carbons (Fsp3) is 0.640. The molecule has 1 saturated heterocycles. The van der Waals surface area contributed by atoms with Crippen molar-refractivity contribution in [1.82, 2.24) is 0 Å². The van der Waals surface area contributed by atoms with Crippen molar-refractivity contribution in [2.45, 2.75) is 63.9 Å². The molecule has 0 amide bonds. The molecule has 2 atom stereocenters. The quantitative estimate of drug-likeness (QED) is 0.220. The van der Waals surface area contributed by atoms with Gasteiger partial charge in [0.1, 0.15) is 23.2 Å². The standard InChI is InChI=1S/C25H40O8Si/c1-25(2)32-20(22(33-25)16-27-3)11-9-10-18-14-19(29-5)15-21(31-17-28-4)23(18)24(26)30-12-13-34(6,7)8/h9-10,14-15,20,22H,11-13,16-17H2,1-8H3/b10-9+/t20-,22-/m1/s1. The highest BCUT2D eigenvalue weighted by Crippen LogP contribution is 2.33. The van der Waals surface area contributed by atoms with E-state index in [4.69, 9.17) is 33.2 Å². The third-order valence-electron chi connectivity index (χ3n) is 5.25. The molecule has 9 heteroatoms. The number of hydrogen-bond donors (Lipinski definition) is 0. The Labute approximate surface area is 204 Å². The Hall–Kier alpha value is -1.91. The van der Waals surface area contributed by atoms with Gasteiger partial charge in [-0.2, -0.15) is 0 Å². The van der Waals surface area contributed by atoms with E-state index in [1.54, 1.807) is 26.4 Å². The lowest BCUT2D eigenvalue weighted by Crippen LogP contribution is -2.26. The van der Waals surface area contributed by atoms with Gasteiger partial charge >= 0.3 is 5.97 Å². The smallest absolute Gasteiger partial charge is 0.342 e. The molecule has 0 bridgehead atoms. The molecule has 192 valence electrons. The first-order valence-corrected chi connectivity index (χ1v) is 15.2. The van der Waals surface area contributed by atoms with Crippen molar-refractivity contribution < 1.29 is 38.0 Å². The van der Waals surface area contributed by atoms with Crippen LogP contribution in [0.25, 0.3) is 6.08 Å². The molecular formula is C25H40O8Si. The molecule has 2 rings (SSSR count). The number of benzene rings is 1. The second kappa shape index (κ2) is 12.7. The van der Waals surface area contributed by atoms with E-state index in [1.165, 1.54) is 7.11 Å². The topological polar surface area (TPSA) is 81.7 Å². The predicted molar refractivity (Wildman–Crippen MR) is 133 cm³/mol. The van der Waals surface area contributed by atoms with Crippen LogP contribution in [0.2, 0.25) is 25.7 Å². The van der Waals surface area contributed by atoms with Gasteiger partial charge in [0.05, 0.1) is 26.4 Å². The van der Waals surface area contributed by atoms with E-state index in [0.29, 0.717) is 42.3 Å². The summed E-state index contributed by atoms with van der Waals surface area (Å²) in [5, 5.41) is 0. The molecule has 0 saturated carbocycles. The Morgan fingerprint density at radius 1 is 1.09 bits per heavy atom. The number of methoxy groups -OCH3 is 3. The van der Waals surface area contributed by atoms with Crippen LogP contribution in [0.15, 0.2) is 18.2 Å². The first-order chi connectivity index (χ1) is 16.0. The Morgan fingerprint density at radius 3 is 2.41 bits per heavy atom. The van der Waals surface area contributed by atoms with Gasteiger partial charge in [0.25, 0.3) is 0 Å². The van der Waals surface area contributed by atoms with Gasteiger partial charge in [-0.05, 0) is 37.9 Å². The summed E-state index contributed by atoms with van der Waals surface area (Å²) in [7, 11) is 3.38. The summed E-state index contributed by atoms with van der Waals surface area (Å²) in [5.41, 5.74) is 0.965. The van der Waals surface area contributed by atoms with Crippen LogP contribution in [-0.4, -0.2) is 73.4 Å². The maximum atomic E-state index is 13.1. The Morgan fingerprint density at radius 2 is 1.79 bits per heavy atom. The molecule has 1 aliphatic heterocycles. The van der Waals surface area contributed by atoms with Gasteiger partial charge in [-0.3, -0.25) is 0 Å². The highest BCUT2D eigenvalue weighted by atomic mass is 28.3. The Balaban J connectivity index is 2.30. The third-order valence-corrected chi connectivity index (χ3v) is 6.95. The highest BCUT2D eigenvalue weighted by molar-refractivity contribution is 6.76. The van der Waals surface area contributed by atoms with Crippen molar-refractivity contribution in [1.29, 1.82) is 0 Å². The van der Waals surface area contributed by atoms with Crippen molar-refractivity contribution in [3.8, 4) is 11.5 Å². The van der Waals surface area contributed by atoms with Crippen LogP contribution < -0.4 is 9.47 Å². The normalized spacial score (nSPS) is 20.0. The summed E-state index contributed by atoms with van der Waals surface area (Å²) < 4.78 is 39.1. The number of hydrogen-bond acceptors (Lipinski definition) is 8. The summed E-state index contributed by atoms with van der Waals surface area (Å²) in [5.74, 6) is -0.212. The minimum absolute atomic E-state index is 0.00740. The van der Waals surface area contributed by atoms with E-state index in [2.05, 4.69) is 19.6 Å². The predicted octanol–water partition coefficient (Wildman–Crippen LogP) is 4.74. The van der Waals surface area contributed by atoms with Gasteiger partial charge in [-0.25, -0.2) is 4.79 Å². The fourth-order valence-electron chi connectivity index (χ4n) is 3.58. The summed E-state index contributed by atoms with van der Waals surface area (Å²) >= 11 is 0. The largest absolute Gasteiger partial charge is 0.497 e. The Bertz CT molecular complexity index is 831. The Kier molecular flexibility index (Phi) is 10.6. The van der Waals surface area contributed by atoms with E-state index in [9.17, 15) is 4.79 Å². The number of rotatable bonds is 13. The summed E-state index contributed by atoms with van der Waals surface area (Å²) in [6.45, 7) is 11.3. The lowest BCUT2D eigenvalue weighted by molar-refractivity contribution is -0.149. The highest BCUT2D eigenvalue weighted by Gasteiger charge is 2.40. The third kappa shape index (κ3) is 8.70. The van der Waals surface area contributed by atoms with Crippen LogP contribution in [0.4, 0.5) is 0 Å². The minimum atomic E-state index is -1.35. The van der Waals surface area contributed by atoms with Crippen LogP contribution >= 0.6 is 0 Å². The minimum Gasteiger partial charge on any atom is -0.497 e. The van der Waals surface area contributed by atoms with Gasteiger partial charge < -0.3 is 33.2 Å². The van der Waals surface area contributed by atoms with E-state index >= 15 is 0 Å². The zero-order valence-electron chi connectivity index (χ0n) is 21.8. The molecule has 8 nitrogen and oxygen atoms in total. The van der Waals surface area contributed by atoms with Crippen LogP contribution in [0, 0.1) is 0 Å². The zero-order chi connectivity index (χ0) is 25.4. The molecule has 1 aromatic carbocycles. The SMILES string of the molecule is COCOc1cc(OC)cc(/C=C/C[C@H]2OC(C)(C)O[C@@H]2COC)c1C(=O)OCC[Si](C)(C)C.